The number of aryl methyl sites for hydroxylation is 1. The van der Waals surface area contributed by atoms with Gasteiger partial charge in [0.25, 0.3) is 5.91 Å². The van der Waals surface area contributed by atoms with Crippen LogP contribution in [0.1, 0.15) is 87.3 Å². The van der Waals surface area contributed by atoms with E-state index in [0.717, 1.165) is 24.8 Å². The molecule has 7 heteroatoms. The number of anilines is 1. The molecule has 1 atom stereocenters. The summed E-state index contributed by atoms with van der Waals surface area (Å²) in [7, 11) is 0. The molecule has 0 saturated carbocycles. The predicted octanol–water partition coefficient (Wildman–Crippen LogP) is 6.38. The molecule has 3 rings (SSSR count). The van der Waals surface area contributed by atoms with Crippen LogP contribution in [0.15, 0.2) is 59.8 Å². The predicted molar refractivity (Wildman–Crippen MR) is 146 cm³/mol. The average molecular weight is 506 g/mol. The van der Waals surface area contributed by atoms with Crippen molar-refractivity contribution in [1.29, 1.82) is 0 Å². The van der Waals surface area contributed by atoms with Crippen LogP contribution in [0.2, 0.25) is 0 Å². The minimum Gasteiger partial charge on any atom is -0.463 e. The minimum atomic E-state index is -0.630. The average Bonchev–Trinajstić information content (AvgIpc) is 2.89. The molecule has 3 amide bonds. The summed E-state index contributed by atoms with van der Waals surface area (Å²) in [6.07, 6.45) is 6.66. The first-order chi connectivity index (χ1) is 17.9. The van der Waals surface area contributed by atoms with Crippen LogP contribution >= 0.6 is 0 Å². The van der Waals surface area contributed by atoms with Crippen molar-refractivity contribution in [3.05, 3.63) is 76.5 Å². The number of amides is 3. The van der Waals surface area contributed by atoms with E-state index >= 15 is 0 Å². The third-order valence-corrected chi connectivity index (χ3v) is 6.58. The van der Waals surface area contributed by atoms with E-state index in [0.29, 0.717) is 29.1 Å². The molecule has 1 heterocycles. The van der Waals surface area contributed by atoms with Gasteiger partial charge in [0.2, 0.25) is 0 Å². The van der Waals surface area contributed by atoms with Crippen molar-refractivity contribution in [2.75, 3.05) is 18.5 Å². The number of rotatable bonds is 12. The maximum Gasteiger partial charge on any atom is 0.338 e. The molecule has 0 radical (unpaired) electrons. The van der Waals surface area contributed by atoms with E-state index in [9.17, 15) is 14.4 Å². The summed E-state index contributed by atoms with van der Waals surface area (Å²) >= 11 is 0. The highest BCUT2D eigenvalue weighted by molar-refractivity contribution is 6.04. The molecule has 0 aromatic heterocycles. The number of esters is 1. The van der Waals surface area contributed by atoms with Crippen molar-refractivity contribution < 1.29 is 19.1 Å². The van der Waals surface area contributed by atoms with Crippen molar-refractivity contribution in [2.24, 2.45) is 0 Å². The molecule has 2 N–H and O–H groups in total. The van der Waals surface area contributed by atoms with E-state index in [-0.39, 0.29) is 18.5 Å². The first kappa shape index (κ1) is 28.0. The summed E-state index contributed by atoms with van der Waals surface area (Å²) in [6.45, 7) is 8.47. The number of nitrogens with one attached hydrogen (secondary N) is 2. The maximum atomic E-state index is 12.8. The second-order valence-electron chi connectivity index (χ2n) is 9.34. The number of ether oxygens (including phenoxy) is 1. The minimum absolute atomic E-state index is 0.186. The van der Waals surface area contributed by atoms with Gasteiger partial charge in [-0.2, -0.15) is 0 Å². The highest BCUT2D eigenvalue weighted by Gasteiger charge is 2.36. The fourth-order valence-electron chi connectivity index (χ4n) is 4.54. The van der Waals surface area contributed by atoms with Gasteiger partial charge in [0.05, 0.1) is 18.2 Å². The Kier molecular flexibility index (Phi) is 10.3. The molecule has 2 aromatic carbocycles. The van der Waals surface area contributed by atoms with Crippen LogP contribution in [0.3, 0.4) is 0 Å². The summed E-state index contributed by atoms with van der Waals surface area (Å²) in [5.74, 6) is -0.633. The molecule has 0 bridgehead atoms. The highest BCUT2D eigenvalue weighted by Crippen LogP contribution is 2.32. The number of allylic oxidation sites excluding steroid dienone is 1. The first-order valence-corrected chi connectivity index (χ1v) is 13.4. The molecule has 37 heavy (non-hydrogen) atoms. The molecule has 1 aliphatic heterocycles. The Balaban J connectivity index is 1.71. The number of unbranched alkanes of at least 4 members (excludes halogenated alkanes) is 3. The monoisotopic (exact) mass is 505 g/mol. The molecule has 0 fully saturated rings. The fourth-order valence-corrected chi connectivity index (χ4v) is 4.54. The zero-order chi connectivity index (χ0) is 26.8. The van der Waals surface area contributed by atoms with Crippen molar-refractivity contribution in [2.45, 2.75) is 72.3 Å². The third-order valence-electron chi connectivity index (χ3n) is 6.58. The zero-order valence-electron chi connectivity index (χ0n) is 22.4. The zero-order valence-corrected chi connectivity index (χ0v) is 22.4. The van der Waals surface area contributed by atoms with E-state index in [2.05, 4.69) is 17.6 Å². The van der Waals surface area contributed by atoms with Crippen LogP contribution in [0.25, 0.3) is 0 Å². The van der Waals surface area contributed by atoms with E-state index in [1.54, 1.807) is 30.9 Å². The summed E-state index contributed by atoms with van der Waals surface area (Å²) in [5.41, 5.74) is 4.22. The quantitative estimate of drug-likeness (QED) is 0.259. The van der Waals surface area contributed by atoms with Gasteiger partial charge in [-0.3, -0.25) is 9.69 Å². The van der Waals surface area contributed by atoms with Gasteiger partial charge in [0, 0.05) is 23.5 Å². The topological polar surface area (TPSA) is 87.7 Å². The number of carbonyl (C=O) groups excluding carboxylic acids is 3. The van der Waals surface area contributed by atoms with Crippen LogP contribution in [0, 0.1) is 0 Å². The molecule has 0 aliphatic carbocycles. The Hall–Kier alpha value is -3.61. The van der Waals surface area contributed by atoms with Gasteiger partial charge in [-0.25, -0.2) is 9.59 Å². The normalized spacial score (nSPS) is 15.4. The standard InChI is InChI=1S/C30H39N3O4/c1-5-8-9-10-11-22-12-14-24(15-13-22)28(34)31-25-18-16-23(17-19-25)27-26(29(35)37-7-3)21(4)33(20-6-2)30(36)32-27/h12-19,27H,5-11,20H2,1-4H3,(H,31,34)(H,32,36)/t27-/m0/s1. The Morgan fingerprint density at radius 2 is 1.65 bits per heavy atom. The summed E-state index contributed by atoms with van der Waals surface area (Å²) in [4.78, 5) is 39.9. The summed E-state index contributed by atoms with van der Waals surface area (Å²) < 4.78 is 5.30. The molecule has 7 nitrogen and oxygen atoms in total. The molecule has 2 aromatic rings. The van der Waals surface area contributed by atoms with Gasteiger partial charge in [0.1, 0.15) is 0 Å². The number of benzene rings is 2. The lowest BCUT2D eigenvalue weighted by atomic mass is 9.94. The van der Waals surface area contributed by atoms with Gasteiger partial charge in [-0.05, 0) is 68.5 Å². The third kappa shape index (κ3) is 7.21. The number of carbonyl (C=O) groups is 3. The van der Waals surface area contributed by atoms with Gasteiger partial charge >= 0.3 is 12.0 Å². The van der Waals surface area contributed by atoms with Crippen LogP contribution in [-0.2, 0) is 16.0 Å². The number of hydrogen-bond donors (Lipinski definition) is 2. The van der Waals surface area contributed by atoms with Gasteiger partial charge in [0.15, 0.2) is 0 Å². The summed E-state index contributed by atoms with van der Waals surface area (Å²) in [6, 6.07) is 14.0. The van der Waals surface area contributed by atoms with Gasteiger partial charge in [-0.1, -0.05) is 57.4 Å². The van der Waals surface area contributed by atoms with E-state index < -0.39 is 12.0 Å². The maximum absolute atomic E-state index is 12.8. The van der Waals surface area contributed by atoms with Crippen molar-refractivity contribution in [3.63, 3.8) is 0 Å². The van der Waals surface area contributed by atoms with Gasteiger partial charge < -0.3 is 15.4 Å². The molecular formula is C30H39N3O4. The lowest BCUT2D eigenvalue weighted by molar-refractivity contribution is -0.139. The van der Waals surface area contributed by atoms with E-state index in [4.69, 9.17) is 4.74 Å². The smallest absolute Gasteiger partial charge is 0.338 e. The molecule has 198 valence electrons. The molecular weight excluding hydrogens is 466 g/mol. The van der Waals surface area contributed by atoms with Crippen LogP contribution in [-0.4, -0.2) is 36.0 Å². The second kappa shape index (κ2) is 13.6. The summed E-state index contributed by atoms with van der Waals surface area (Å²) in [5, 5.41) is 5.87. The molecule has 1 aliphatic rings. The largest absolute Gasteiger partial charge is 0.463 e. The Bertz CT molecular complexity index is 1110. The fraction of sp³-hybridized carbons (Fsp3) is 0.433. The molecule has 0 saturated heterocycles. The van der Waals surface area contributed by atoms with E-state index in [1.165, 1.54) is 24.8 Å². The van der Waals surface area contributed by atoms with Crippen molar-refractivity contribution in [3.8, 4) is 0 Å². The first-order valence-electron chi connectivity index (χ1n) is 13.4. The van der Waals surface area contributed by atoms with Crippen LogP contribution in [0.5, 0.6) is 0 Å². The Morgan fingerprint density at radius 1 is 0.946 bits per heavy atom. The molecule has 0 spiro atoms. The second-order valence-corrected chi connectivity index (χ2v) is 9.34. The van der Waals surface area contributed by atoms with E-state index in [1.807, 2.05) is 43.3 Å². The number of nitrogens with zero attached hydrogens (tertiary/aromatic N) is 1. The number of urea groups is 1. The van der Waals surface area contributed by atoms with Crippen molar-refractivity contribution >= 4 is 23.6 Å². The van der Waals surface area contributed by atoms with Crippen LogP contribution < -0.4 is 10.6 Å². The Labute approximate surface area is 220 Å². The number of hydrogen-bond acceptors (Lipinski definition) is 4. The van der Waals surface area contributed by atoms with Crippen molar-refractivity contribution in [1.82, 2.24) is 10.2 Å². The van der Waals surface area contributed by atoms with Gasteiger partial charge in [-0.15, -0.1) is 0 Å². The lowest BCUT2D eigenvalue weighted by Crippen LogP contribution is -2.48. The Morgan fingerprint density at radius 3 is 2.27 bits per heavy atom. The highest BCUT2D eigenvalue weighted by atomic mass is 16.5. The molecule has 0 unspecified atom stereocenters. The lowest BCUT2D eigenvalue weighted by Gasteiger charge is -2.35. The van der Waals surface area contributed by atoms with Crippen LogP contribution in [0.4, 0.5) is 10.5 Å². The SMILES string of the molecule is CCCCCCc1ccc(C(=O)Nc2ccc([C@@H]3NC(=O)N(CCC)C(C)=C3C(=O)OCC)cc2)cc1.